The van der Waals surface area contributed by atoms with Crippen molar-refractivity contribution in [1.29, 1.82) is 0 Å². The second-order valence-corrected chi connectivity index (χ2v) is 3.98. The summed E-state index contributed by atoms with van der Waals surface area (Å²) in [6, 6.07) is 9.57. The van der Waals surface area contributed by atoms with Crippen molar-refractivity contribution in [2.24, 2.45) is 5.92 Å². The van der Waals surface area contributed by atoms with E-state index in [9.17, 15) is 9.90 Å². The number of rotatable bonds is 4. The molecule has 0 aliphatic heterocycles. The Kier molecular flexibility index (Phi) is 2.91. The monoisotopic (exact) mass is 214 g/mol. The Hall–Kier alpha value is -1.83. The minimum absolute atomic E-state index is 0.214. The number of carboxylic acid groups (broad SMARTS) is 1. The minimum atomic E-state index is -0.818. The number of carbonyl (C=O) groups is 1. The fourth-order valence-electron chi connectivity index (χ4n) is 1.88. The number of allylic oxidation sites excluding steroid dienone is 2. The molecule has 1 aliphatic carbocycles. The van der Waals surface area contributed by atoms with Gasteiger partial charge < -0.3 is 5.11 Å². The van der Waals surface area contributed by atoms with Gasteiger partial charge in [0, 0.05) is 5.57 Å². The van der Waals surface area contributed by atoms with Crippen LogP contribution in [-0.4, -0.2) is 11.1 Å². The molecule has 0 unspecified atom stereocenters. The third-order valence-corrected chi connectivity index (χ3v) is 2.80. The van der Waals surface area contributed by atoms with Gasteiger partial charge in [-0.2, -0.15) is 0 Å². The lowest BCUT2D eigenvalue weighted by atomic mass is 9.97. The summed E-state index contributed by atoms with van der Waals surface area (Å²) in [5, 5.41) is 9.24. The van der Waals surface area contributed by atoms with Gasteiger partial charge in [-0.05, 0) is 29.9 Å². The molecule has 2 nitrogen and oxygen atoms in total. The molecule has 1 aliphatic rings. The van der Waals surface area contributed by atoms with Crippen LogP contribution in [-0.2, 0) is 4.79 Å². The molecule has 1 saturated carbocycles. The lowest BCUT2D eigenvalue weighted by Gasteiger charge is -2.08. The summed E-state index contributed by atoms with van der Waals surface area (Å²) < 4.78 is 0. The van der Waals surface area contributed by atoms with Gasteiger partial charge in [0.25, 0.3) is 0 Å². The van der Waals surface area contributed by atoms with Crippen molar-refractivity contribution in [2.45, 2.75) is 12.8 Å². The highest BCUT2D eigenvalue weighted by Crippen LogP contribution is 2.40. The molecular weight excluding hydrogens is 200 g/mol. The average molecular weight is 214 g/mol. The van der Waals surface area contributed by atoms with E-state index in [1.54, 1.807) is 6.08 Å². The van der Waals surface area contributed by atoms with Gasteiger partial charge in [0.2, 0.25) is 0 Å². The van der Waals surface area contributed by atoms with Crippen molar-refractivity contribution in [1.82, 2.24) is 0 Å². The Morgan fingerprint density at radius 3 is 2.38 bits per heavy atom. The molecule has 2 rings (SSSR count). The van der Waals surface area contributed by atoms with Gasteiger partial charge in [0.05, 0.1) is 0 Å². The number of aliphatic carboxylic acids is 1. The SMILES string of the molecule is C=CC(=C(C(=O)O)C1CC1)c1ccccc1. The van der Waals surface area contributed by atoms with E-state index in [0.29, 0.717) is 5.57 Å². The predicted octanol–water partition coefficient (Wildman–Crippen LogP) is 3.12. The quantitative estimate of drug-likeness (QED) is 0.617. The summed E-state index contributed by atoms with van der Waals surface area (Å²) in [5.74, 6) is -0.605. The summed E-state index contributed by atoms with van der Waals surface area (Å²) in [5.41, 5.74) is 2.21. The van der Waals surface area contributed by atoms with Crippen LogP contribution in [0.5, 0.6) is 0 Å². The molecule has 0 aromatic heterocycles. The van der Waals surface area contributed by atoms with E-state index in [4.69, 9.17) is 0 Å². The molecule has 0 heterocycles. The smallest absolute Gasteiger partial charge is 0.332 e. The van der Waals surface area contributed by atoms with Crippen LogP contribution in [0.3, 0.4) is 0 Å². The van der Waals surface area contributed by atoms with E-state index in [1.165, 1.54) is 0 Å². The van der Waals surface area contributed by atoms with Crippen LogP contribution >= 0.6 is 0 Å². The number of hydrogen-bond acceptors (Lipinski definition) is 1. The van der Waals surface area contributed by atoms with E-state index in [2.05, 4.69) is 6.58 Å². The van der Waals surface area contributed by atoms with Gasteiger partial charge in [-0.15, -0.1) is 0 Å². The molecule has 1 fully saturated rings. The Morgan fingerprint density at radius 2 is 1.94 bits per heavy atom. The first-order valence-corrected chi connectivity index (χ1v) is 5.39. The topological polar surface area (TPSA) is 37.3 Å². The maximum atomic E-state index is 11.2. The maximum Gasteiger partial charge on any atom is 0.332 e. The molecule has 0 atom stereocenters. The first-order valence-electron chi connectivity index (χ1n) is 5.39. The first kappa shape index (κ1) is 10.7. The van der Waals surface area contributed by atoms with Crippen LogP contribution in [0.15, 0.2) is 48.6 Å². The average Bonchev–Trinajstić information content (AvgIpc) is 3.10. The van der Waals surface area contributed by atoms with Crippen molar-refractivity contribution in [3.05, 3.63) is 54.1 Å². The highest BCUT2D eigenvalue weighted by Gasteiger charge is 2.32. The van der Waals surface area contributed by atoms with Crippen molar-refractivity contribution in [2.75, 3.05) is 0 Å². The molecule has 16 heavy (non-hydrogen) atoms. The summed E-state index contributed by atoms with van der Waals surface area (Å²) in [6.45, 7) is 3.73. The van der Waals surface area contributed by atoms with Crippen molar-refractivity contribution in [3.8, 4) is 0 Å². The summed E-state index contributed by atoms with van der Waals surface area (Å²) in [4.78, 5) is 11.2. The van der Waals surface area contributed by atoms with Crippen LogP contribution in [0, 0.1) is 5.92 Å². The standard InChI is InChI=1S/C14H14O2/c1-2-12(10-6-4-3-5-7-10)13(14(15)16)11-8-9-11/h2-7,11H,1,8-9H2,(H,15,16). The molecule has 0 spiro atoms. The second kappa shape index (κ2) is 4.35. The predicted molar refractivity (Wildman–Crippen MR) is 63.9 cm³/mol. The van der Waals surface area contributed by atoms with Crippen LogP contribution in [0.25, 0.3) is 5.57 Å². The molecular formula is C14H14O2. The Bertz CT molecular complexity index is 439. The summed E-state index contributed by atoms with van der Waals surface area (Å²) in [7, 11) is 0. The first-order chi connectivity index (χ1) is 7.74. The van der Waals surface area contributed by atoms with Crippen LogP contribution in [0.2, 0.25) is 0 Å². The lowest BCUT2D eigenvalue weighted by molar-refractivity contribution is -0.132. The Morgan fingerprint density at radius 1 is 1.31 bits per heavy atom. The fraction of sp³-hybridized carbons (Fsp3) is 0.214. The van der Waals surface area contributed by atoms with Gasteiger partial charge in [-0.3, -0.25) is 0 Å². The van der Waals surface area contributed by atoms with Gasteiger partial charge in [-0.25, -0.2) is 4.79 Å². The van der Waals surface area contributed by atoms with Crippen molar-refractivity contribution in [3.63, 3.8) is 0 Å². The molecule has 0 amide bonds. The van der Waals surface area contributed by atoms with E-state index in [1.807, 2.05) is 30.3 Å². The van der Waals surface area contributed by atoms with Crippen LogP contribution in [0.1, 0.15) is 18.4 Å². The molecule has 0 bridgehead atoms. The Labute approximate surface area is 94.9 Å². The van der Waals surface area contributed by atoms with Crippen molar-refractivity contribution < 1.29 is 9.90 Å². The zero-order valence-electron chi connectivity index (χ0n) is 9.02. The van der Waals surface area contributed by atoms with E-state index in [0.717, 1.165) is 24.0 Å². The number of benzene rings is 1. The molecule has 0 saturated heterocycles. The summed E-state index contributed by atoms with van der Waals surface area (Å²) >= 11 is 0. The second-order valence-electron chi connectivity index (χ2n) is 3.98. The third kappa shape index (κ3) is 2.06. The van der Waals surface area contributed by atoms with E-state index >= 15 is 0 Å². The molecule has 1 aromatic rings. The highest BCUT2D eigenvalue weighted by molar-refractivity contribution is 5.99. The van der Waals surface area contributed by atoms with Gasteiger partial charge in [0.15, 0.2) is 0 Å². The van der Waals surface area contributed by atoms with Crippen LogP contribution < -0.4 is 0 Å². The molecule has 82 valence electrons. The zero-order chi connectivity index (χ0) is 11.5. The normalized spacial score (nSPS) is 16.5. The lowest BCUT2D eigenvalue weighted by Crippen LogP contribution is -2.05. The largest absolute Gasteiger partial charge is 0.478 e. The van der Waals surface area contributed by atoms with Gasteiger partial charge in [-0.1, -0.05) is 43.0 Å². The fourth-order valence-corrected chi connectivity index (χ4v) is 1.88. The van der Waals surface area contributed by atoms with Crippen LogP contribution in [0.4, 0.5) is 0 Å². The van der Waals surface area contributed by atoms with Gasteiger partial charge in [0.1, 0.15) is 0 Å². The minimum Gasteiger partial charge on any atom is -0.478 e. The summed E-state index contributed by atoms with van der Waals surface area (Å²) in [6.07, 6.45) is 3.61. The van der Waals surface area contributed by atoms with E-state index in [-0.39, 0.29) is 5.92 Å². The van der Waals surface area contributed by atoms with E-state index < -0.39 is 5.97 Å². The number of carboxylic acids is 1. The Balaban J connectivity index is 2.50. The zero-order valence-corrected chi connectivity index (χ0v) is 9.02. The highest BCUT2D eigenvalue weighted by atomic mass is 16.4. The van der Waals surface area contributed by atoms with Gasteiger partial charge >= 0.3 is 5.97 Å². The maximum absolute atomic E-state index is 11.2. The number of hydrogen-bond donors (Lipinski definition) is 1. The molecule has 1 N–H and O–H groups in total. The van der Waals surface area contributed by atoms with Crippen molar-refractivity contribution >= 4 is 11.5 Å². The molecule has 1 aromatic carbocycles. The molecule has 0 radical (unpaired) electrons. The third-order valence-electron chi connectivity index (χ3n) is 2.80. The molecule has 2 heteroatoms.